The highest BCUT2D eigenvalue weighted by molar-refractivity contribution is 5.81. The van der Waals surface area contributed by atoms with Gasteiger partial charge in [0.15, 0.2) is 0 Å². The van der Waals surface area contributed by atoms with E-state index in [2.05, 4.69) is 5.32 Å². The van der Waals surface area contributed by atoms with Crippen LogP contribution in [0.4, 0.5) is 4.79 Å². The number of carbonyl (C=O) groups is 2. The number of ether oxygens (including phenoxy) is 2. The third-order valence-electron chi connectivity index (χ3n) is 3.80. The number of hydrogen-bond acceptors (Lipinski definition) is 5. The van der Waals surface area contributed by atoms with Crippen molar-refractivity contribution in [3.05, 3.63) is 65.7 Å². The van der Waals surface area contributed by atoms with Crippen LogP contribution in [0, 0.1) is 6.92 Å². The van der Waals surface area contributed by atoms with Crippen molar-refractivity contribution in [1.82, 2.24) is 5.32 Å². The molecular formula is C24H33NO5. The van der Waals surface area contributed by atoms with E-state index in [1.165, 1.54) is 5.56 Å². The Morgan fingerprint density at radius 1 is 1.00 bits per heavy atom. The number of para-hydroxylation sites is 1. The van der Waals surface area contributed by atoms with Crippen molar-refractivity contribution in [3.8, 4) is 5.75 Å². The van der Waals surface area contributed by atoms with Gasteiger partial charge in [-0.05, 0) is 59.2 Å². The van der Waals surface area contributed by atoms with Crippen LogP contribution in [-0.2, 0) is 20.7 Å². The van der Waals surface area contributed by atoms with Crippen molar-refractivity contribution < 1.29 is 24.2 Å². The summed E-state index contributed by atoms with van der Waals surface area (Å²) in [5.41, 5.74) is 1.68. The van der Waals surface area contributed by atoms with Gasteiger partial charge in [0.2, 0.25) is 0 Å². The van der Waals surface area contributed by atoms with Gasteiger partial charge >= 0.3 is 12.1 Å². The molecule has 0 aromatic heterocycles. The molecule has 164 valence electrons. The van der Waals surface area contributed by atoms with Gasteiger partial charge in [-0.15, -0.1) is 0 Å². The summed E-state index contributed by atoms with van der Waals surface area (Å²) < 4.78 is 10.5. The SMILES string of the molecule is Cc1ccc(CC(C)OC(=O)[C@H](C)NC(=O)OC(C)(C)C)cc1.Oc1ccccc1. The fourth-order valence-electron chi connectivity index (χ4n) is 2.37. The minimum absolute atomic E-state index is 0.270. The number of aromatic hydroxyl groups is 1. The molecule has 1 unspecified atom stereocenters. The second-order valence-electron chi connectivity index (χ2n) is 8.14. The van der Waals surface area contributed by atoms with E-state index in [-0.39, 0.29) is 6.10 Å². The maximum absolute atomic E-state index is 12.0. The number of alkyl carbamates (subject to hydrolysis) is 1. The van der Waals surface area contributed by atoms with Gasteiger partial charge in [0, 0.05) is 6.42 Å². The first-order valence-corrected chi connectivity index (χ1v) is 9.96. The van der Waals surface area contributed by atoms with E-state index in [9.17, 15) is 9.59 Å². The van der Waals surface area contributed by atoms with E-state index in [0.29, 0.717) is 12.2 Å². The molecule has 2 aromatic carbocycles. The molecule has 2 aromatic rings. The molecule has 0 fully saturated rings. The quantitative estimate of drug-likeness (QED) is 0.687. The van der Waals surface area contributed by atoms with Crippen LogP contribution in [0.25, 0.3) is 0 Å². The summed E-state index contributed by atoms with van der Waals surface area (Å²) in [5.74, 6) is -0.155. The van der Waals surface area contributed by atoms with Crippen molar-refractivity contribution >= 4 is 12.1 Å². The lowest BCUT2D eigenvalue weighted by atomic mass is 10.1. The molecule has 30 heavy (non-hydrogen) atoms. The van der Waals surface area contributed by atoms with Crippen LogP contribution in [0.5, 0.6) is 5.75 Å². The lowest BCUT2D eigenvalue weighted by Crippen LogP contribution is -2.43. The Kier molecular flexibility index (Phi) is 9.89. The minimum Gasteiger partial charge on any atom is -0.508 e. The zero-order valence-electron chi connectivity index (χ0n) is 18.6. The van der Waals surface area contributed by atoms with Crippen molar-refractivity contribution in [1.29, 1.82) is 0 Å². The molecule has 0 heterocycles. The van der Waals surface area contributed by atoms with Gasteiger partial charge in [-0.25, -0.2) is 9.59 Å². The summed E-state index contributed by atoms with van der Waals surface area (Å²) in [4.78, 5) is 23.6. The van der Waals surface area contributed by atoms with Gasteiger partial charge in [-0.3, -0.25) is 0 Å². The first kappa shape index (κ1) is 25.0. The van der Waals surface area contributed by atoms with E-state index in [0.717, 1.165) is 5.56 Å². The molecule has 6 nitrogen and oxygen atoms in total. The molecule has 0 spiro atoms. The summed E-state index contributed by atoms with van der Waals surface area (Å²) in [7, 11) is 0. The van der Waals surface area contributed by atoms with E-state index < -0.39 is 23.7 Å². The van der Waals surface area contributed by atoms with Gasteiger partial charge in [-0.1, -0.05) is 48.0 Å². The van der Waals surface area contributed by atoms with Gasteiger partial charge in [0.05, 0.1) is 0 Å². The molecule has 0 saturated carbocycles. The largest absolute Gasteiger partial charge is 0.508 e. The molecule has 0 bridgehead atoms. The molecule has 1 amide bonds. The van der Waals surface area contributed by atoms with Gasteiger partial charge in [0.1, 0.15) is 23.5 Å². The number of phenolic OH excluding ortho intramolecular Hbond substituents is 1. The second-order valence-corrected chi connectivity index (χ2v) is 8.14. The van der Waals surface area contributed by atoms with E-state index in [1.54, 1.807) is 52.0 Å². The molecule has 2 atom stereocenters. The second kappa shape index (κ2) is 11.9. The van der Waals surface area contributed by atoms with Crippen LogP contribution in [0.3, 0.4) is 0 Å². The summed E-state index contributed by atoms with van der Waals surface area (Å²) >= 11 is 0. The van der Waals surface area contributed by atoms with Crippen LogP contribution in [0.2, 0.25) is 0 Å². The Morgan fingerprint density at radius 3 is 2.03 bits per heavy atom. The molecular weight excluding hydrogens is 382 g/mol. The van der Waals surface area contributed by atoms with Crippen molar-refractivity contribution in [2.45, 2.75) is 65.7 Å². The number of rotatable bonds is 5. The van der Waals surface area contributed by atoms with Crippen LogP contribution in [-0.4, -0.2) is 34.9 Å². The highest BCUT2D eigenvalue weighted by Gasteiger charge is 2.23. The topological polar surface area (TPSA) is 84.9 Å². The van der Waals surface area contributed by atoms with E-state index in [1.807, 2.05) is 44.2 Å². The summed E-state index contributed by atoms with van der Waals surface area (Å²) in [6.07, 6.45) is -0.272. The fraction of sp³-hybridized carbons (Fsp3) is 0.417. The van der Waals surface area contributed by atoms with Crippen LogP contribution < -0.4 is 5.32 Å². The summed E-state index contributed by atoms with van der Waals surface area (Å²) in [6.45, 7) is 10.7. The predicted octanol–water partition coefficient (Wildman–Crippen LogP) is 4.77. The van der Waals surface area contributed by atoms with Crippen LogP contribution in [0.15, 0.2) is 54.6 Å². The highest BCUT2D eigenvalue weighted by atomic mass is 16.6. The van der Waals surface area contributed by atoms with Crippen LogP contribution >= 0.6 is 0 Å². The first-order valence-electron chi connectivity index (χ1n) is 9.96. The number of benzene rings is 2. The predicted molar refractivity (Wildman–Crippen MR) is 117 cm³/mol. The van der Waals surface area contributed by atoms with Crippen molar-refractivity contribution in [2.75, 3.05) is 0 Å². The summed E-state index contributed by atoms with van der Waals surface area (Å²) in [5, 5.41) is 11.1. The van der Waals surface area contributed by atoms with Crippen molar-refractivity contribution in [2.24, 2.45) is 0 Å². The van der Waals surface area contributed by atoms with Crippen molar-refractivity contribution in [3.63, 3.8) is 0 Å². The number of hydrogen-bond donors (Lipinski definition) is 2. The zero-order valence-corrected chi connectivity index (χ0v) is 18.6. The first-order chi connectivity index (χ1) is 14.0. The molecule has 6 heteroatoms. The standard InChI is InChI=1S/C18H27NO4.C6H6O/c1-12-7-9-15(10-8-12)11-13(2)22-16(20)14(3)19-17(21)23-18(4,5)6;7-6-4-2-1-3-5-6/h7-10,13-14H,11H2,1-6H3,(H,19,21);1-5,7H/t13?,14-;/m0./s1. The number of amides is 1. The molecule has 2 N–H and O–H groups in total. The lowest BCUT2D eigenvalue weighted by Gasteiger charge is -2.22. The average molecular weight is 416 g/mol. The molecule has 0 aliphatic rings. The monoisotopic (exact) mass is 415 g/mol. The molecule has 2 rings (SSSR count). The number of carbonyl (C=O) groups excluding carboxylic acids is 2. The smallest absolute Gasteiger partial charge is 0.408 e. The van der Waals surface area contributed by atoms with Gasteiger partial charge < -0.3 is 19.9 Å². The number of nitrogens with one attached hydrogen (secondary N) is 1. The number of esters is 1. The zero-order chi connectivity index (χ0) is 22.7. The highest BCUT2D eigenvalue weighted by Crippen LogP contribution is 2.10. The van der Waals surface area contributed by atoms with E-state index in [4.69, 9.17) is 14.6 Å². The number of aryl methyl sites for hydroxylation is 1. The Morgan fingerprint density at radius 2 is 1.57 bits per heavy atom. The Balaban J connectivity index is 0.000000539. The average Bonchev–Trinajstić information content (AvgIpc) is 2.63. The Labute approximate surface area is 179 Å². The molecule has 0 aliphatic carbocycles. The molecule has 0 aliphatic heterocycles. The Hall–Kier alpha value is -3.02. The normalized spacial score (nSPS) is 12.6. The lowest BCUT2D eigenvalue weighted by molar-refractivity contribution is -0.150. The molecule has 0 radical (unpaired) electrons. The van der Waals surface area contributed by atoms with Gasteiger partial charge in [0.25, 0.3) is 0 Å². The summed E-state index contributed by atoms with van der Waals surface area (Å²) in [6, 6.07) is 16.0. The maximum Gasteiger partial charge on any atom is 0.408 e. The fourth-order valence-corrected chi connectivity index (χ4v) is 2.37. The number of phenols is 1. The van der Waals surface area contributed by atoms with Gasteiger partial charge in [-0.2, -0.15) is 0 Å². The van der Waals surface area contributed by atoms with Crippen LogP contribution in [0.1, 0.15) is 45.7 Å². The minimum atomic E-state index is -0.759. The third kappa shape index (κ3) is 11.1. The Bertz CT molecular complexity index is 781. The molecule has 0 saturated heterocycles. The maximum atomic E-state index is 12.0. The van der Waals surface area contributed by atoms with E-state index >= 15 is 0 Å². The third-order valence-corrected chi connectivity index (χ3v) is 3.80.